The topological polar surface area (TPSA) is 62.7 Å². The van der Waals surface area contributed by atoms with Gasteiger partial charge in [0.25, 0.3) is 0 Å². The molecule has 5 nitrogen and oxygen atoms in total. The monoisotopic (exact) mass is 378 g/mol. The SMILES string of the molecule is CC(C)(C)OC(=O)N1CC(c2ccc3ccc(O)c(Br)c3n2)C1. The molecule has 3 rings (SSSR count). The van der Waals surface area contributed by atoms with E-state index in [0.29, 0.717) is 17.6 Å². The van der Waals surface area contributed by atoms with Crippen molar-refractivity contribution in [1.29, 1.82) is 0 Å². The lowest BCUT2D eigenvalue weighted by Gasteiger charge is -2.39. The number of likely N-dealkylation sites (tertiary alicyclic amines) is 1. The number of aromatic hydroxyl groups is 1. The van der Waals surface area contributed by atoms with Gasteiger partial charge < -0.3 is 14.7 Å². The van der Waals surface area contributed by atoms with Gasteiger partial charge in [-0.1, -0.05) is 6.07 Å². The number of carbonyl (C=O) groups is 1. The fourth-order valence-electron chi connectivity index (χ4n) is 2.53. The molecule has 2 heterocycles. The Kier molecular flexibility index (Phi) is 3.96. The molecule has 0 bridgehead atoms. The third-order valence-electron chi connectivity index (χ3n) is 3.75. The lowest BCUT2D eigenvalue weighted by Crippen LogP contribution is -2.50. The van der Waals surface area contributed by atoms with Crippen molar-refractivity contribution in [2.45, 2.75) is 32.3 Å². The first-order valence-electron chi connectivity index (χ1n) is 7.50. The first kappa shape index (κ1) is 16.1. The van der Waals surface area contributed by atoms with Gasteiger partial charge >= 0.3 is 6.09 Å². The Balaban J connectivity index is 1.74. The molecule has 0 aliphatic carbocycles. The number of halogens is 1. The van der Waals surface area contributed by atoms with Crippen LogP contribution in [0.4, 0.5) is 4.79 Å². The highest BCUT2D eigenvalue weighted by Crippen LogP contribution is 2.34. The molecule has 1 aliphatic heterocycles. The van der Waals surface area contributed by atoms with Gasteiger partial charge in [-0.15, -0.1) is 0 Å². The lowest BCUT2D eigenvalue weighted by molar-refractivity contribution is 0.00790. The Morgan fingerprint density at radius 3 is 2.61 bits per heavy atom. The van der Waals surface area contributed by atoms with E-state index in [1.807, 2.05) is 39.0 Å². The van der Waals surface area contributed by atoms with E-state index in [-0.39, 0.29) is 17.8 Å². The Hall–Kier alpha value is -1.82. The predicted molar refractivity (Wildman–Crippen MR) is 91.7 cm³/mol. The summed E-state index contributed by atoms with van der Waals surface area (Å²) in [7, 11) is 0. The zero-order chi connectivity index (χ0) is 16.8. The molecule has 0 radical (unpaired) electrons. The molecule has 1 N–H and O–H groups in total. The summed E-state index contributed by atoms with van der Waals surface area (Å²) in [5.41, 5.74) is 1.17. The zero-order valence-corrected chi connectivity index (χ0v) is 14.9. The number of hydrogen-bond donors (Lipinski definition) is 1. The number of fused-ring (bicyclic) bond motifs is 1. The number of rotatable bonds is 1. The summed E-state index contributed by atoms with van der Waals surface area (Å²) in [6.07, 6.45) is -0.284. The van der Waals surface area contributed by atoms with Gasteiger partial charge in [0.05, 0.1) is 9.99 Å². The van der Waals surface area contributed by atoms with Crippen LogP contribution in [0.15, 0.2) is 28.7 Å². The number of pyridine rings is 1. The lowest BCUT2D eigenvalue weighted by atomic mass is 9.95. The van der Waals surface area contributed by atoms with Crippen LogP contribution in [0.25, 0.3) is 10.9 Å². The summed E-state index contributed by atoms with van der Waals surface area (Å²) in [5, 5.41) is 10.7. The second kappa shape index (κ2) is 5.67. The van der Waals surface area contributed by atoms with Crippen molar-refractivity contribution in [3.05, 3.63) is 34.4 Å². The second-order valence-electron chi connectivity index (χ2n) is 6.79. The van der Waals surface area contributed by atoms with Gasteiger partial charge in [-0.25, -0.2) is 4.79 Å². The van der Waals surface area contributed by atoms with Crippen LogP contribution in [0.3, 0.4) is 0 Å². The van der Waals surface area contributed by atoms with E-state index in [1.165, 1.54) is 0 Å². The van der Waals surface area contributed by atoms with Gasteiger partial charge in [0.15, 0.2) is 0 Å². The van der Waals surface area contributed by atoms with Crippen molar-refractivity contribution in [3.63, 3.8) is 0 Å². The van der Waals surface area contributed by atoms with Gasteiger partial charge in [-0.05, 0) is 54.9 Å². The first-order valence-corrected chi connectivity index (χ1v) is 8.30. The van der Waals surface area contributed by atoms with E-state index >= 15 is 0 Å². The standard InChI is InChI=1S/C17H19BrN2O3/c1-17(2,3)23-16(22)20-8-11(9-20)12-6-4-10-5-7-13(21)14(18)15(10)19-12/h4-7,11,21H,8-9H2,1-3H3. The third kappa shape index (κ3) is 3.27. The second-order valence-corrected chi connectivity index (χ2v) is 7.58. The van der Waals surface area contributed by atoms with Gasteiger partial charge in [-0.3, -0.25) is 4.98 Å². The summed E-state index contributed by atoms with van der Waals surface area (Å²) in [6.45, 7) is 6.78. The summed E-state index contributed by atoms with van der Waals surface area (Å²) >= 11 is 3.38. The highest BCUT2D eigenvalue weighted by Gasteiger charge is 2.35. The molecule has 1 aromatic carbocycles. The van der Waals surface area contributed by atoms with Crippen LogP contribution >= 0.6 is 15.9 Å². The number of amides is 1. The highest BCUT2D eigenvalue weighted by atomic mass is 79.9. The minimum Gasteiger partial charge on any atom is -0.507 e. The van der Waals surface area contributed by atoms with Crippen LogP contribution in [0.1, 0.15) is 32.4 Å². The minimum absolute atomic E-state index is 0.172. The molecule has 1 aliphatic rings. The van der Waals surface area contributed by atoms with Gasteiger partial charge in [0.1, 0.15) is 11.4 Å². The van der Waals surface area contributed by atoms with Crippen molar-refractivity contribution >= 4 is 32.9 Å². The molecule has 6 heteroatoms. The molecule has 23 heavy (non-hydrogen) atoms. The maximum absolute atomic E-state index is 12.0. The van der Waals surface area contributed by atoms with Crippen molar-refractivity contribution in [1.82, 2.24) is 9.88 Å². The fourth-order valence-corrected chi connectivity index (χ4v) is 2.98. The van der Waals surface area contributed by atoms with Crippen LogP contribution < -0.4 is 0 Å². The van der Waals surface area contributed by atoms with Crippen LogP contribution in [-0.4, -0.2) is 39.8 Å². The smallest absolute Gasteiger partial charge is 0.410 e. The van der Waals surface area contributed by atoms with E-state index in [2.05, 4.69) is 20.9 Å². The summed E-state index contributed by atoms with van der Waals surface area (Å²) in [6, 6.07) is 7.43. The molecule has 122 valence electrons. The van der Waals surface area contributed by atoms with Crippen molar-refractivity contribution in [2.75, 3.05) is 13.1 Å². The number of carbonyl (C=O) groups excluding carboxylic acids is 1. The Morgan fingerprint density at radius 2 is 1.96 bits per heavy atom. The van der Waals surface area contributed by atoms with Gasteiger partial charge in [-0.2, -0.15) is 0 Å². The molecule has 2 aromatic rings. The van der Waals surface area contributed by atoms with Crippen LogP contribution in [0.5, 0.6) is 5.75 Å². The largest absolute Gasteiger partial charge is 0.507 e. The molecule has 0 atom stereocenters. The van der Waals surface area contributed by atoms with Crippen LogP contribution in [0.2, 0.25) is 0 Å². The maximum Gasteiger partial charge on any atom is 0.410 e. The fraction of sp³-hybridized carbons (Fsp3) is 0.412. The van der Waals surface area contributed by atoms with Crippen molar-refractivity contribution < 1.29 is 14.6 Å². The number of aromatic nitrogens is 1. The van der Waals surface area contributed by atoms with E-state index in [0.717, 1.165) is 16.6 Å². The van der Waals surface area contributed by atoms with Gasteiger partial charge in [0.2, 0.25) is 0 Å². The summed E-state index contributed by atoms with van der Waals surface area (Å²) in [4.78, 5) is 18.3. The third-order valence-corrected chi connectivity index (χ3v) is 4.53. The highest BCUT2D eigenvalue weighted by molar-refractivity contribution is 9.10. The molecular formula is C17H19BrN2O3. The predicted octanol–water partition coefficient (Wildman–Crippen LogP) is 4.04. The molecule has 0 unspecified atom stereocenters. The molecule has 0 spiro atoms. The van der Waals surface area contributed by atoms with E-state index in [1.54, 1.807) is 11.0 Å². The number of ether oxygens (including phenoxy) is 1. The number of phenolic OH excluding ortho intramolecular Hbond substituents is 1. The molecule has 0 saturated carbocycles. The van der Waals surface area contributed by atoms with Gasteiger partial charge in [0, 0.05) is 30.1 Å². The number of phenols is 1. The maximum atomic E-state index is 12.0. The van der Waals surface area contributed by atoms with Crippen molar-refractivity contribution in [3.8, 4) is 5.75 Å². The molecule has 1 saturated heterocycles. The molecule has 1 amide bonds. The summed E-state index contributed by atoms with van der Waals surface area (Å²) in [5.74, 6) is 0.368. The molecule has 1 fully saturated rings. The molecule has 1 aromatic heterocycles. The number of hydrogen-bond acceptors (Lipinski definition) is 4. The zero-order valence-electron chi connectivity index (χ0n) is 13.3. The van der Waals surface area contributed by atoms with E-state index in [4.69, 9.17) is 4.74 Å². The Labute approximate surface area is 143 Å². The Morgan fingerprint density at radius 1 is 1.30 bits per heavy atom. The van der Waals surface area contributed by atoms with E-state index in [9.17, 15) is 9.90 Å². The quantitative estimate of drug-likeness (QED) is 0.813. The average Bonchev–Trinajstić information content (AvgIpc) is 2.40. The summed E-state index contributed by atoms with van der Waals surface area (Å²) < 4.78 is 5.95. The minimum atomic E-state index is -0.480. The number of benzene rings is 1. The van der Waals surface area contributed by atoms with Crippen LogP contribution in [0, 0.1) is 0 Å². The van der Waals surface area contributed by atoms with Crippen molar-refractivity contribution in [2.24, 2.45) is 0 Å². The normalized spacial score (nSPS) is 15.6. The van der Waals surface area contributed by atoms with E-state index < -0.39 is 5.60 Å². The average molecular weight is 379 g/mol. The Bertz CT molecular complexity index is 764. The number of nitrogens with zero attached hydrogens (tertiary/aromatic N) is 2. The first-order chi connectivity index (χ1) is 10.7. The molecular weight excluding hydrogens is 360 g/mol. The van der Waals surface area contributed by atoms with Crippen LogP contribution in [-0.2, 0) is 4.74 Å².